The lowest BCUT2D eigenvalue weighted by Crippen LogP contribution is -1.98. The summed E-state index contributed by atoms with van der Waals surface area (Å²) in [5, 5.41) is 1.52. The predicted octanol–water partition coefficient (Wildman–Crippen LogP) is 3.84. The number of hydrogen-bond donors (Lipinski definition) is 1. The standard InChI is InChI=1S/C15H12ClN3/c1-9-5-4-7-11(13(9)16)15-18-12-8-3-2-6-10(12)14(17)19-15/h2-8H,1H3,(H2,17,18,19). The number of anilines is 1. The monoisotopic (exact) mass is 269 g/mol. The van der Waals surface area contributed by atoms with Crippen LogP contribution in [0.3, 0.4) is 0 Å². The zero-order valence-electron chi connectivity index (χ0n) is 10.4. The summed E-state index contributed by atoms with van der Waals surface area (Å²) in [4.78, 5) is 8.89. The van der Waals surface area contributed by atoms with Gasteiger partial charge in [0.2, 0.25) is 0 Å². The van der Waals surface area contributed by atoms with Crippen molar-refractivity contribution in [1.82, 2.24) is 9.97 Å². The molecular weight excluding hydrogens is 258 g/mol. The molecule has 0 spiro atoms. The lowest BCUT2D eigenvalue weighted by Gasteiger charge is -2.08. The van der Waals surface area contributed by atoms with Crippen LogP contribution in [0.1, 0.15) is 5.56 Å². The molecule has 0 fully saturated rings. The smallest absolute Gasteiger partial charge is 0.163 e. The second-order valence-corrected chi connectivity index (χ2v) is 4.76. The van der Waals surface area contributed by atoms with Gasteiger partial charge >= 0.3 is 0 Å². The van der Waals surface area contributed by atoms with E-state index in [-0.39, 0.29) is 0 Å². The number of benzene rings is 2. The average Bonchev–Trinajstić information content (AvgIpc) is 2.42. The van der Waals surface area contributed by atoms with Gasteiger partial charge in [0.25, 0.3) is 0 Å². The first kappa shape index (κ1) is 11.9. The van der Waals surface area contributed by atoms with Crippen LogP contribution in [0.25, 0.3) is 22.3 Å². The van der Waals surface area contributed by atoms with Gasteiger partial charge in [-0.3, -0.25) is 0 Å². The molecule has 2 N–H and O–H groups in total. The number of halogens is 1. The van der Waals surface area contributed by atoms with E-state index in [9.17, 15) is 0 Å². The van der Waals surface area contributed by atoms with Gasteiger partial charge in [0, 0.05) is 10.9 Å². The van der Waals surface area contributed by atoms with Gasteiger partial charge in [-0.25, -0.2) is 9.97 Å². The molecule has 0 aliphatic rings. The highest BCUT2D eigenvalue weighted by molar-refractivity contribution is 6.34. The maximum absolute atomic E-state index is 6.31. The van der Waals surface area contributed by atoms with Crippen molar-refractivity contribution in [1.29, 1.82) is 0 Å². The maximum atomic E-state index is 6.31. The highest BCUT2D eigenvalue weighted by Crippen LogP contribution is 2.30. The molecule has 0 radical (unpaired) electrons. The van der Waals surface area contributed by atoms with Gasteiger partial charge in [0.15, 0.2) is 5.82 Å². The largest absolute Gasteiger partial charge is 0.383 e. The molecule has 0 amide bonds. The number of para-hydroxylation sites is 1. The SMILES string of the molecule is Cc1cccc(-c2nc(N)c3ccccc3n2)c1Cl. The Kier molecular flexibility index (Phi) is 2.84. The molecule has 19 heavy (non-hydrogen) atoms. The molecule has 2 aromatic carbocycles. The van der Waals surface area contributed by atoms with E-state index in [0.29, 0.717) is 16.7 Å². The minimum atomic E-state index is 0.471. The summed E-state index contributed by atoms with van der Waals surface area (Å²) in [7, 11) is 0. The number of hydrogen-bond acceptors (Lipinski definition) is 3. The van der Waals surface area contributed by atoms with Crippen LogP contribution >= 0.6 is 11.6 Å². The van der Waals surface area contributed by atoms with Crippen molar-refractivity contribution >= 4 is 28.3 Å². The second-order valence-electron chi connectivity index (χ2n) is 4.39. The summed E-state index contributed by atoms with van der Waals surface area (Å²) >= 11 is 6.31. The van der Waals surface area contributed by atoms with Crippen LogP contribution in [0.15, 0.2) is 42.5 Å². The van der Waals surface area contributed by atoms with Gasteiger partial charge < -0.3 is 5.73 Å². The molecule has 3 aromatic rings. The van der Waals surface area contributed by atoms with E-state index in [1.165, 1.54) is 0 Å². The summed E-state index contributed by atoms with van der Waals surface area (Å²) in [6.07, 6.45) is 0. The van der Waals surface area contributed by atoms with Crippen molar-refractivity contribution in [3.05, 3.63) is 53.1 Å². The van der Waals surface area contributed by atoms with Gasteiger partial charge in [-0.05, 0) is 30.7 Å². The van der Waals surface area contributed by atoms with Gasteiger partial charge in [0.1, 0.15) is 5.82 Å². The number of nitrogens with two attached hydrogens (primary N) is 1. The molecule has 0 saturated heterocycles. The highest BCUT2D eigenvalue weighted by Gasteiger charge is 2.11. The lowest BCUT2D eigenvalue weighted by molar-refractivity contribution is 1.23. The third-order valence-electron chi connectivity index (χ3n) is 3.07. The maximum Gasteiger partial charge on any atom is 0.163 e. The van der Waals surface area contributed by atoms with Crippen molar-refractivity contribution in [3.63, 3.8) is 0 Å². The Balaban J connectivity index is 2.29. The first-order chi connectivity index (χ1) is 9.16. The van der Waals surface area contributed by atoms with Crippen LogP contribution in [0.2, 0.25) is 5.02 Å². The molecule has 0 aliphatic heterocycles. The fraction of sp³-hybridized carbons (Fsp3) is 0.0667. The van der Waals surface area contributed by atoms with E-state index in [1.807, 2.05) is 49.4 Å². The molecule has 94 valence electrons. The van der Waals surface area contributed by atoms with Crippen molar-refractivity contribution in [2.75, 3.05) is 5.73 Å². The van der Waals surface area contributed by atoms with Crippen LogP contribution in [-0.2, 0) is 0 Å². The fourth-order valence-corrected chi connectivity index (χ4v) is 2.25. The molecule has 0 atom stereocenters. The molecule has 0 unspecified atom stereocenters. The summed E-state index contributed by atoms with van der Waals surface area (Å²) in [6, 6.07) is 13.5. The van der Waals surface area contributed by atoms with Crippen LogP contribution in [0.5, 0.6) is 0 Å². The van der Waals surface area contributed by atoms with Crippen LogP contribution in [-0.4, -0.2) is 9.97 Å². The molecule has 0 saturated carbocycles. The Bertz CT molecular complexity index is 768. The molecule has 0 bridgehead atoms. The van der Waals surface area contributed by atoms with E-state index in [0.717, 1.165) is 22.0 Å². The van der Waals surface area contributed by atoms with E-state index in [1.54, 1.807) is 0 Å². The van der Waals surface area contributed by atoms with Gasteiger partial charge in [-0.15, -0.1) is 0 Å². The zero-order valence-corrected chi connectivity index (χ0v) is 11.1. The molecule has 0 aliphatic carbocycles. The van der Waals surface area contributed by atoms with Gasteiger partial charge in [0.05, 0.1) is 10.5 Å². The number of rotatable bonds is 1. The molecule has 3 rings (SSSR count). The number of aromatic nitrogens is 2. The van der Waals surface area contributed by atoms with Crippen molar-refractivity contribution in [2.24, 2.45) is 0 Å². The summed E-state index contributed by atoms with van der Waals surface area (Å²) in [5.74, 6) is 1.03. The van der Waals surface area contributed by atoms with E-state index in [2.05, 4.69) is 9.97 Å². The Morgan fingerprint density at radius 2 is 1.79 bits per heavy atom. The summed E-state index contributed by atoms with van der Waals surface area (Å²) in [6.45, 7) is 1.95. The van der Waals surface area contributed by atoms with Gasteiger partial charge in [-0.1, -0.05) is 35.9 Å². The van der Waals surface area contributed by atoms with E-state index in [4.69, 9.17) is 17.3 Å². The van der Waals surface area contributed by atoms with Crippen LogP contribution in [0, 0.1) is 6.92 Å². The minimum Gasteiger partial charge on any atom is -0.383 e. The molecule has 3 nitrogen and oxygen atoms in total. The highest BCUT2D eigenvalue weighted by atomic mass is 35.5. The first-order valence-electron chi connectivity index (χ1n) is 5.94. The van der Waals surface area contributed by atoms with Crippen LogP contribution < -0.4 is 5.73 Å². The molecule has 4 heteroatoms. The Morgan fingerprint density at radius 3 is 2.63 bits per heavy atom. The molecule has 1 aromatic heterocycles. The summed E-state index contributed by atoms with van der Waals surface area (Å²) in [5.41, 5.74) is 8.61. The quantitative estimate of drug-likeness (QED) is 0.730. The number of nitrogen functional groups attached to an aromatic ring is 1. The summed E-state index contributed by atoms with van der Waals surface area (Å²) < 4.78 is 0. The van der Waals surface area contributed by atoms with Gasteiger partial charge in [-0.2, -0.15) is 0 Å². The second kappa shape index (κ2) is 4.52. The van der Waals surface area contributed by atoms with Crippen molar-refractivity contribution in [3.8, 4) is 11.4 Å². The van der Waals surface area contributed by atoms with E-state index < -0.39 is 0 Å². The number of aryl methyl sites for hydroxylation is 1. The van der Waals surface area contributed by atoms with E-state index >= 15 is 0 Å². The lowest BCUT2D eigenvalue weighted by atomic mass is 10.1. The third kappa shape index (κ3) is 2.02. The molecule has 1 heterocycles. The zero-order chi connectivity index (χ0) is 13.4. The Labute approximate surface area is 116 Å². The normalized spacial score (nSPS) is 10.8. The third-order valence-corrected chi connectivity index (χ3v) is 3.57. The topological polar surface area (TPSA) is 51.8 Å². The average molecular weight is 270 g/mol. The fourth-order valence-electron chi connectivity index (χ4n) is 2.04. The minimum absolute atomic E-state index is 0.471. The Hall–Kier alpha value is -2.13. The number of nitrogens with zero attached hydrogens (tertiary/aromatic N) is 2. The first-order valence-corrected chi connectivity index (χ1v) is 6.32. The predicted molar refractivity (Wildman–Crippen MR) is 79.1 cm³/mol. The Morgan fingerprint density at radius 1 is 1.00 bits per heavy atom. The molecular formula is C15H12ClN3. The van der Waals surface area contributed by atoms with Crippen LogP contribution in [0.4, 0.5) is 5.82 Å². The van der Waals surface area contributed by atoms with Crippen molar-refractivity contribution < 1.29 is 0 Å². The number of fused-ring (bicyclic) bond motifs is 1. The van der Waals surface area contributed by atoms with Crippen molar-refractivity contribution in [2.45, 2.75) is 6.92 Å².